The van der Waals surface area contributed by atoms with E-state index in [2.05, 4.69) is 63.3 Å². The van der Waals surface area contributed by atoms with Crippen molar-refractivity contribution in [2.45, 2.75) is 124 Å². The molecular weight excluding hydrogens is 434 g/mol. The first-order chi connectivity index (χ1) is 16.7. The van der Waals surface area contributed by atoms with Crippen molar-refractivity contribution in [2.24, 2.45) is 11.8 Å². The Kier molecular flexibility index (Phi) is 15.4. The van der Waals surface area contributed by atoms with Crippen LogP contribution in [0.25, 0.3) is 0 Å². The van der Waals surface area contributed by atoms with E-state index < -0.39 is 0 Å². The Balaban J connectivity index is 1.47. The van der Waals surface area contributed by atoms with E-state index in [9.17, 15) is 0 Å². The molecule has 0 N–H and O–H groups in total. The minimum Gasteiger partial charge on any atom is -0.381 e. The van der Waals surface area contributed by atoms with E-state index >= 15 is 0 Å². The number of likely N-dealkylation sites (tertiary alicyclic amines) is 2. The molecule has 0 spiro atoms. The SMILES string of the molecule is CC(C)CN1CCC(OC2CCN(C(C)CCC(C)CCCOCCCN(C)C(C)C)CC2)CC1. The molecule has 0 amide bonds. The second-order valence-electron chi connectivity index (χ2n) is 12.5. The summed E-state index contributed by atoms with van der Waals surface area (Å²) < 4.78 is 12.4. The zero-order chi connectivity index (χ0) is 25.6. The van der Waals surface area contributed by atoms with Crippen LogP contribution in [0.5, 0.6) is 0 Å². The maximum absolute atomic E-state index is 6.55. The molecule has 2 rings (SSSR count). The molecule has 2 fully saturated rings. The fourth-order valence-corrected chi connectivity index (χ4v) is 5.63. The summed E-state index contributed by atoms with van der Waals surface area (Å²) in [6, 6.07) is 1.33. The first kappa shape index (κ1) is 31.0. The Labute approximate surface area is 219 Å². The zero-order valence-corrected chi connectivity index (χ0v) is 24.6. The van der Waals surface area contributed by atoms with Crippen molar-refractivity contribution < 1.29 is 9.47 Å². The summed E-state index contributed by atoms with van der Waals surface area (Å²) in [5.74, 6) is 1.57. The second-order valence-corrected chi connectivity index (χ2v) is 12.5. The summed E-state index contributed by atoms with van der Waals surface area (Å²) in [6.07, 6.45) is 12.2. The van der Waals surface area contributed by atoms with Gasteiger partial charge in [0.25, 0.3) is 0 Å². The summed E-state index contributed by atoms with van der Waals surface area (Å²) in [4.78, 5) is 7.73. The van der Waals surface area contributed by atoms with Gasteiger partial charge >= 0.3 is 0 Å². The van der Waals surface area contributed by atoms with Crippen LogP contribution in [0, 0.1) is 11.8 Å². The number of hydrogen-bond donors (Lipinski definition) is 0. The molecule has 2 unspecified atom stereocenters. The Morgan fingerprint density at radius 1 is 0.771 bits per heavy atom. The third kappa shape index (κ3) is 13.2. The van der Waals surface area contributed by atoms with Gasteiger partial charge in [0, 0.05) is 64.6 Å². The van der Waals surface area contributed by atoms with E-state index in [1.807, 2.05) is 0 Å². The lowest BCUT2D eigenvalue weighted by Crippen LogP contribution is -2.45. The van der Waals surface area contributed by atoms with Gasteiger partial charge in [-0.05, 0) is 97.4 Å². The van der Waals surface area contributed by atoms with E-state index in [1.54, 1.807) is 0 Å². The van der Waals surface area contributed by atoms with E-state index in [-0.39, 0.29) is 0 Å². The Bertz CT molecular complexity index is 514. The molecule has 0 aromatic rings. The summed E-state index contributed by atoms with van der Waals surface area (Å²) in [5, 5.41) is 0. The van der Waals surface area contributed by atoms with Gasteiger partial charge in [-0.1, -0.05) is 20.8 Å². The van der Waals surface area contributed by atoms with Crippen molar-refractivity contribution in [1.29, 1.82) is 0 Å². The molecule has 0 saturated carbocycles. The monoisotopic (exact) mass is 495 g/mol. The van der Waals surface area contributed by atoms with Gasteiger partial charge in [0.05, 0.1) is 12.2 Å². The highest BCUT2D eigenvalue weighted by Crippen LogP contribution is 2.24. The summed E-state index contributed by atoms with van der Waals surface area (Å²) in [6.45, 7) is 23.1. The summed E-state index contributed by atoms with van der Waals surface area (Å²) in [5.41, 5.74) is 0. The van der Waals surface area contributed by atoms with Gasteiger partial charge in [-0.25, -0.2) is 0 Å². The first-order valence-corrected chi connectivity index (χ1v) is 15.1. The third-order valence-corrected chi connectivity index (χ3v) is 8.39. The number of rotatable bonds is 17. The largest absolute Gasteiger partial charge is 0.381 e. The Morgan fingerprint density at radius 2 is 1.37 bits per heavy atom. The van der Waals surface area contributed by atoms with Gasteiger partial charge in [-0.15, -0.1) is 0 Å². The summed E-state index contributed by atoms with van der Waals surface area (Å²) >= 11 is 0. The maximum Gasteiger partial charge on any atom is 0.0603 e. The van der Waals surface area contributed by atoms with Gasteiger partial charge in [0.2, 0.25) is 0 Å². The fraction of sp³-hybridized carbons (Fsp3) is 1.00. The van der Waals surface area contributed by atoms with E-state index in [0.717, 1.165) is 38.0 Å². The van der Waals surface area contributed by atoms with E-state index in [1.165, 1.54) is 84.1 Å². The third-order valence-electron chi connectivity index (χ3n) is 8.39. The van der Waals surface area contributed by atoms with E-state index in [0.29, 0.717) is 24.3 Å². The van der Waals surface area contributed by atoms with Crippen LogP contribution in [-0.2, 0) is 9.47 Å². The first-order valence-electron chi connectivity index (χ1n) is 15.1. The fourth-order valence-electron chi connectivity index (χ4n) is 5.63. The molecule has 2 atom stereocenters. The van der Waals surface area contributed by atoms with Crippen molar-refractivity contribution in [1.82, 2.24) is 14.7 Å². The van der Waals surface area contributed by atoms with Crippen molar-refractivity contribution in [3.8, 4) is 0 Å². The Morgan fingerprint density at radius 3 is 1.97 bits per heavy atom. The lowest BCUT2D eigenvalue weighted by Gasteiger charge is -2.39. The van der Waals surface area contributed by atoms with Crippen LogP contribution in [0.2, 0.25) is 0 Å². The van der Waals surface area contributed by atoms with Crippen molar-refractivity contribution >= 4 is 0 Å². The van der Waals surface area contributed by atoms with Gasteiger partial charge in [0.1, 0.15) is 0 Å². The topological polar surface area (TPSA) is 28.2 Å². The number of piperidine rings is 2. The van der Waals surface area contributed by atoms with Crippen LogP contribution in [-0.4, -0.2) is 98.5 Å². The standard InChI is InChI=1S/C30H61N3O2/c1-25(2)24-32-18-13-29(14-19-32)35-30-15-20-33(21-16-30)28(6)12-11-27(5)10-8-22-34-23-9-17-31(7)26(3)4/h25-30H,8-24H2,1-7H3. The number of hydrogen-bond acceptors (Lipinski definition) is 5. The predicted octanol–water partition coefficient (Wildman–Crippen LogP) is 5.92. The van der Waals surface area contributed by atoms with Crippen LogP contribution in [0.1, 0.15) is 99.3 Å². The molecule has 0 radical (unpaired) electrons. The second kappa shape index (κ2) is 17.3. The van der Waals surface area contributed by atoms with Gasteiger partial charge < -0.3 is 24.2 Å². The molecule has 0 aromatic heterocycles. The van der Waals surface area contributed by atoms with Crippen LogP contribution >= 0.6 is 0 Å². The van der Waals surface area contributed by atoms with Crippen LogP contribution in [0.15, 0.2) is 0 Å². The van der Waals surface area contributed by atoms with Gasteiger partial charge in [-0.3, -0.25) is 0 Å². The molecule has 0 bridgehead atoms. The highest BCUT2D eigenvalue weighted by Gasteiger charge is 2.27. The van der Waals surface area contributed by atoms with Crippen molar-refractivity contribution in [3.63, 3.8) is 0 Å². The average Bonchev–Trinajstić information content (AvgIpc) is 2.83. The lowest BCUT2D eigenvalue weighted by atomic mass is 9.96. The minimum atomic E-state index is 0.491. The molecule has 5 nitrogen and oxygen atoms in total. The smallest absolute Gasteiger partial charge is 0.0603 e. The van der Waals surface area contributed by atoms with Crippen LogP contribution in [0.3, 0.4) is 0 Å². The molecule has 0 aliphatic carbocycles. The van der Waals surface area contributed by atoms with Crippen molar-refractivity contribution in [2.75, 3.05) is 59.5 Å². The molecule has 35 heavy (non-hydrogen) atoms. The number of nitrogens with zero attached hydrogens (tertiary/aromatic N) is 3. The lowest BCUT2D eigenvalue weighted by molar-refractivity contribution is -0.0691. The summed E-state index contributed by atoms with van der Waals surface area (Å²) in [7, 11) is 2.20. The molecule has 2 aliphatic rings. The van der Waals surface area contributed by atoms with Gasteiger partial charge in [-0.2, -0.15) is 0 Å². The molecule has 0 aromatic carbocycles. The molecule has 2 saturated heterocycles. The van der Waals surface area contributed by atoms with Crippen LogP contribution < -0.4 is 0 Å². The van der Waals surface area contributed by atoms with Gasteiger partial charge in [0.15, 0.2) is 0 Å². The Hall–Kier alpha value is -0.200. The predicted molar refractivity (Wildman–Crippen MR) is 150 cm³/mol. The molecule has 2 aliphatic heterocycles. The molecule has 5 heteroatoms. The van der Waals surface area contributed by atoms with E-state index in [4.69, 9.17) is 9.47 Å². The number of ether oxygens (including phenoxy) is 2. The average molecular weight is 496 g/mol. The maximum atomic E-state index is 6.55. The molecule has 2 heterocycles. The van der Waals surface area contributed by atoms with Crippen LogP contribution in [0.4, 0.5) is 0 Å². The highest BCUT2D eigenvalue weighted by atomic mass is 16.5. The minimum absolute atomic E-state index is 0.491. The quantitative estimate of drug-likeness (QED) is 0.234. The zero-order valence-electron chi connectivity index (χ0n) is 24.6. The molecular formula is C30H61N3O2. The molecule has 208 valence electrons. The highest BCUT2D eigenvalue weighted by molar-refractivity contribution is 4.80. The van der Waals surface area contributed by atoms with Crippen molar-refractivity contribution in [3.05, 3.63) is 0 Å². The normalized spacial score (nSPS) is 21.4.